The first-order valence-corrected chi connectivity index (χ1v) is 8.02. The Hall–Kier alpha value is -2.54. The Balaban J connectivity index is 1.93. The van der Waals surface area contributed by atoms with Gasteiger partial charge in [0.15, 0.2) is 5.75 Å². The summed E-state index contributed by atoms with van der Waals surface area (Å²) < 4.78 is 19.5. The molecule has 0 radical (unpaired) electrons. The van der Waals surface area contributed by atoms with Crippen LogP contribution in [0, 0.1) is 5.82 Å². The highest BCUT2D eigenvalue weighted by Gasteiger charge is 2.16. The maximum Gasteiger partial charge on any atom is 0.275 e. The van der Waals surface area contributed by atoms with Gasteiger partial charge in [-0.3, -0.25) is 9.78 Å². The summed E-state index contributed by atoms with van der Waals surface area (Å²) in [6, 6.07) is 9.70. The zero-order valence-electron chi connectivity index (χ0n) is 12.7. The Kier molecular flexibility index (Phi) is 4.71. The smallest absolute Gasteiger partial charge is 0.275 e. The molecule has 1 N–H and O–H groups in total. The van der Waals surface area contributed by atoms with Crippen molar-refractivity contribution in [2.75, 3.05) is 11.9 Å². The van der Waals surface area contributed by atoms with Gasteiger partial charge >= 0.3 is 0 Å². The summed E-state index contributed by atoms with van der Waals surface area (Å²) in [6.07, 6.45) is 1.38. The molecule has 2 aromatic carbocycles. The molecule has 0 aliphatic rings. The number of para-hydroxylation sites is 2. The number of rotatable bonds is 4. The lowest BCUT2D eigenvalue weighted by Gasteiger charge is -2.13. The molecule has 0 aliphatic carbocycles. The van der Waals surface area contributed by atoms with Crippen molar-refractivity contribution in [3.63, 3.8) is 0 Å². The number of nitrogens with one attached hydrogen (secondary N) is 1. The number of carbonyl (C=O) groups is 1. The molecular weight excluding hydrogens is 377 g/mol. The van der Waals surface area contributed by atoms with Gasteiger partial charge in [0, 0.05) is 6.07 Å². The van der Waals surface area contributed by atoms with Crippen LogP contribution in [0.4, 0.5) is 10.1 Å². The normalized spacial score (nSPS) is 10.6. The summed E-state index contributed by atoms with van der Waals surface area (Å²) in [7, 11) is 0. The highest BCUT2D eigenvalue weighted by atomic mass is 79.9. The first kappa shape index (κ1) is 16.3. The molecule has 7 heteroatoms. The van der Waals surface area contributed by atoms with Crippen LogP contribution in [0.5, 0.6) is 5.75 Å². The number of amides is 1. The van der Waals surface area contributed by atoms with E-state index in [1.165, 1.54) is 18.3 Å². The van der Waals surface area contributed by atoms with E-state index in [2.05, 4.69) is 31.2 Å². The van der Waals surface area contributed by atoms with Gasteiger partial charge in [-0.15, -0.1) is 0 Å². The fraction of sp³-hybridized carbons (Fsp3) is 0.118. The summed E-state index contributed by atoms with van der Waals surface area (Å²) in [4.78, 5) is 20.9. The first-order valence-electron chi connectivity index (χ1n) is 7.23. The lowest BCUT2D eigenvalue weighted by Crippen LogP contribution is -2.15. The van der Waals surface area contributed by atoms with E-state index < -0.39 is 11.7 Å². The largest absolute Gasteiger partial charge is 0.491 e. The number of nitrogens with zero attached hydrogens (tertiary/aromatic N) is 2. The van der Waals surface area contributed by atoms with Crippen molar-refractivity contribution in [1.82, 2.24) is 9.97 Å². The number of carbonyl (C=O) groups excluding carboxylic acids is 1. The van der Waals surface area contributed by atoms with Crippen LogP contribution in [0.25, 0.3) is 11.0 Å². The van der Waals surface area contributed by atoms with Crippen molar-refractivity contribution in [3.8, 4) is 5.75 Å². The topological polar surface area (TPSA) is 64.1 Å². The lowest BCUT2D eigenvalue weighted by atomic mass is 10.2. The van der Waals surface area contributed by atoms with Crippen LogP contribution in [-0.4, -0.2) is 22.5 Å². The third kappa shape index (κ3) is 3.35. The third-order valence-electron chi connectivity index (χ3n) is 3.23. The predicted molar refractivity (Wildman–Crippen MR) is 92.8 cm³/mol. The Bertz CT molecular complexity index is 917. The van der Waals surface area contributed by atoms with Crippen molar-refractivity contribution >= 4 is 38.6 Å². The van der Waals surface area contributed by atoms with E-state index in [-0.39, 0.29) is 11.4 Å². The Labute approximate surface area is 146 Å². The molecule has 24 heavy (non-hydrogen) atoms. The maximum atomic E-state index is 13.6. The first-order chi connectivity index (χ1) is 11.6. The van der Waals surface area contributed by atoms with Gasteiger partial charge in [0.25, 0.3) is 5.91 Å². The van der Waals surface area contributed by atoms with Gasteiger partial charge in [-0.2, -0.15) is 0 Å². The zero-order chi connectivity index (χ0) is 17.1. The second-order valence-electron chi connectivity index (χ2n) is 4.90. The Morgan fingerprint density at radius 3 is 2.79 bits per heavy atom. The molecule has 0 atom stereocenters. The van der Waals surface area contributed by atoms with Crippen molar-refractivity contribution in [3.05, 3.63) is 58.6 Å². The number of benzene rings is 2. The van der Waals surface area contributed by atoms with Crippen LogP contribution in [0.3, 0.4) is 0 Å². The standard InChI is InChI=1S/C17H13BrFN3O2/c1-2-24-16-11(18)7-10(19)8-14(16)22-17(23)15-9-20-12-5-3-4-6-13(12)21-15/h3-9H,2H2,1H3,(H,22,23). The van der Waals surface area contributed by atoms with Crippen LogP contribution < -0.4 is 10.1 Å². The number of halogens is 2. The number of fused-ring (bicyclic) bond motifs is 1. The highest BCUT2D eigenvalue weighted by molar-refractivity contribution is 9.10. The van der Waals surface area contributed by atoms with Crippen LogP contribution in [-0.2, 0) is 0 Å². The summed E-state index contributed by atoms with van der Waals surface area (Å²) in [5, 5.41) is 2.62. The van der Waals surface area contributed by atoms with Gasteiger partial charge in [0.05, 0.1) is 34.0 Å². The average Bonchev–Trinajstić information content (AvgIpc) is 2.57. The van der Waals surface area contributed by atoms with Gasteiger partial charge in [0.1, 0.15) is 11.5 Å². The van der Waals surface area contributed by atoms with Crippen LogP contribution in [0.1, 0.15) is 17.4 Å². The summed E-state index contributed by atoms with van der Waals surface area (Å²) in [5.74, 6) is -0.627. The van der Waals surface area contributed by atoms with E-state index in [4.69, 9.17) is 4.74 Å². The van der Waals surface area contributed by atoms with E-state index in [9.17, 15) is 9.18 Å². The molecular formula is C17H13BrFN3O2. The van der Waals surface area contributed by atoms with Crippen LogP contribution in [0.15, 0.2) is 47.1 Å². The predicted octanol–water partition coefficient (Wildman–Crippen LogP) is 4.18. The fourth-order valence-corrected chi connectivity index (χ4v) is 2.74. The molecule has 0 spiro atoms. The quantitative estimate of drug-likeness (QED) is 0.726. The third-order valence-corrected chi connectivity index (χ3v) is 3.82. The van der Waals surface area contributed by atoms with E-state index >= 15 is 0 Å². The van der Waals surface area contributed by atoms with E-state index in [0.29, 0.717) is 27.9 Å². The molecule has 0 unspecified atom stereocenters. The highest BCUT2D eigenvalue weighted by Crippen LogP contribution is 2.34. The van der Waals surface area contributed by atoms with Gasteiger partial charge < -0.3 is 10.1 Å². The molecule has 0 fully saturated rings. The molecule has 5 nitrogen and oxygen atoms in total. The molecule has 0 bridgehead atoms. The average molecular weight is 390 g/mol. The van der Waals surface area contributed by atoms with Crippen LogP contribution >= 0.6 is 15.9 Å². The number of anilines is 1. The van der Waals surface area contributed by atoms with Crippen LogP contribution in [0.2, 0.25) is 0 Å². The minimum Gasteiger partial charge on any atom is -0.491 e. The molecule has 0 saturated heterocycles. The van der Waals surface area contributed by atoms with Gasteiger partial charge in [-0.1, -0.05) is 12.1 Å². The molecule has 122 valence electrons. The monoisotopic (exact) mass is 389 g/mol. The molecule has 0 aliphatic heterocycles. The zero-order valence-corrected chi connectivity index (χ0v) is 14.3. The minimum absolute atomic E-state index is 0.136. The molecule has 1 aromatic heterocycles. The van der Waals surface area contributed by atoms with Gasteiger partial charge in [0.2, 0.25) is 0 Å². The summed E-state index contributed by atoms with van der Waals surface area (Å²) in [5.41, 5.74) is 1.66. The molecule has 3 rings (SSSR count). The second-order valence-corrected chi connectivity index (χ2v) is 5.75. The fourth-order valence-electron chi connectivity index (χ4n) is 2.20. The van der Waals surface area contributed by atoms with Gasteiger partial charge in [-0.05, 0) is 41.1 Å². The van der Waals surface area contributed by atoms with Crippen molar-refractivity contribution < 1.29 is 13.9 Å². The summed E-state index contributed by atoms with van der Waals surface area (Å²) >= 11 is 3.23. The number of hydrogen-bond donors (Lipinski definition) is 1. The van der Waals surface area contributed by atoms with Crippen molar-refractivity contribution in [1.29, 1.82) is 0 Å². The van der Waals surface area contributed by atoms with E-state index in [1.807, 2.05) is 12.1 Å². The number of hydrogen-bond acceptors (Lipinski definition) is 4. The maximum absolute atomic E-state index is 13.6. The molecule has 3 aromatic rings. The molecule has 1 heterocycles. The van der Waals surface area contributed by atoms with Crippen molar-refractivity contribution in [2.24, 2.45) is 0 Å². The Morgan fingerprint density at radius 1 is 1.29 bits per heavy atom. The Morgan fingerprint density at radius 2 is 2.04 bits per heavy atom. The second kappa shape index (κ2) is 6.92. The minimum atomic E-state index is -0.495. The SMILES string of the molecule is CCOc1c(Br)cc(F)cc1NC(=O)c1cnc2ccccc2n1. The van der Waals surface area contributed by atoms with Crippen molar-refractivity contribution in [2.45, 2.75) is 6.92 Å². The lowest BCUT2D eigenvalue weighted by molar-refractivity contribution is 0.102. The molecule has 0 saturated carbocycles. The van der Waals surface area contributed by atoms with Gasteiger partial charge in [-0.25, -0.2) is 9.37 Å². The van der Waals surface area contributed by atoms with E-state index in [0.717, 1.165) is 0 Å². The molecule has 1 amide bonds. The summed E-state index contributed by atoms with van der Waals surface area (Å²) in [6.45, 7) is 2.18. The number of aromatic nitrogens is 2. The number of ether oxygens (including phenoxy) is 1. The van der Waals surface area contributed by atoms with E-state index in [1.54, 1.807) is 19.1 Å².